The molecule has 0 unspecified atom stereocenters. The minimum atomic E-state index is -0.226. The Labute approximate surface area is 89.9 Å². The number of nitrogens with one attached hydrogen (secondary N) is 1. The van der Waals surface area contributed by atoms with Crippen LogP contribution in [-0.2, 0) is 4.79 Å². The molecule has 1 rings (SSSR count). The second-order valence-corrected chi connectivity index (χ2v) is 3.61. The Morgan fingerprint density at radius 2 is 2.21 bits per heavy atom. The Hall–Kier alpha value is -1.23. The van der Waals surface area contributed by atoms with Crippen LogP contribution in [0.15, 0.2) is 22.8 Å². The van der Waals surface area contributed by atoms with Gasteiger partial charge in [-0.2, -0.15) is 0 Å². The molecule has 0 atom stereocenters. The lowest BCUT2D eigenvalue weighted by molar-refractivity contribution is -0.118. The molecule has 0 saturated carbocycles. The summed E-state index contributed by atoms with van der Waals surface area (Å²) < 4.78 is 0.813. The number of hydrogen-bond acceptors (Lipinski definition) is 3. The van der Waals surface area contributed by atoms with Crippen LogP contribution in [0.1, 0.15) is 17.4 Å². The molecule has 0 radical (unpaired) electrons. The molecule has 1 aromatic rings. The van der Waals surface area contributed by atoms with Crippen molar-refractivity contribution in [1.29, 1.82) is 0 Å². The zero-order valence-electron chi connectivity index (χ0n) is 7.58. The van der Waals surface area contributed by atoms with E-state index in [4.69, 9.17) is 0 Å². The summed E-state index contributed by atoms with van der Waals surface area (Å²) in [7, 11) is 0. The molecule has 0 aliphatic carbocycles. The number of hydrogen-bond donors (Lipinski definition) is 1. The molecule has 1 N–H and O–H groups in total. The molecule has 14 heavy (non-hydrogen) atoms. The maximum Gasteiger partial charge on any atom is 0.217 e. The van der Waals surface area contributed by atoms with Gasteiger partial charge in [0.05, 0.1) is 6.54 Å². The van der Waals surface area contributed by atoms with Gasteiger partial charge in [-0.15, -0.1) is 0 Å². The van der Waals surface area contributed by atoms with Gasteiger partial charge in [0.25, 0.3) is 0 Å². The molecule has 0 spiro atoms. The second kappa shape index (κ2) is 4.85. The van der Waals surface area contributed by atoms with Crippen molar-refractivity contribution in [2.24, 2.45) is 0 Å². The molecule has 4 nitrogen and oxygen atoms in total. The monoisotopic (exact) mass is 256 g/mol. The third-order valence-electron chi connectivity index (χ3n) is 1.51. The van der Waals surface area contributed by atoms with Crippen LogP contribution in [0.4, 0.5) is 0 Å². The minimum Gasteiger partial charge on any atom is -0.349 e. The van der Waals surface area contributed by atoms with E-state index in [2.05, 4.69) is 26.2 Å². The summed E-state index contributed by atoms with van der Waals surface area (Å²) in [6, 6.07) is 3.34. The maximum absolute atomic E-state index is 11.4. The first-order chi connectivity index (χ1) is 6.59. The van der Waals surface area contributed by atoms with E-state index in [1.807, 2.05) is 0 Å². The zero-order chi connectivity index (χ0) is 10.6. The van der Waals surface area contributed by atoms with E-state index in [9.17, 15) is 9.59 Å². The number of amides is 1. The van der Waals surface area contributed by atoms with Crippen molar-refractivity contribution in [3.05, 3.63) is 28.5 Å². The van der Waals surface area contributed by atoms with Gasteiger partial charge in [0.2, 0.25) is 5.91 Å². The lowest BCUT2D eigenvalue weighted by Gasteiger charge is -2.00. The molecule has 0 saturated heterocycles. The molecule has 0 aromatic carbocycles. The first-order valence-corrected chi connectivity index (χ1v) is 4.78. The van der Waals surface area contributed by atoms with Gasteiger partial charge in [0, 0.05) is 17.6 Å². The number of carbonyl (C=O) groups excluding carboxylic acids is 2. The van der Waals surface area contributed by atoms with E-state index < -0.39 is 0 Å². The van der Waals surface area contributed by atoms with E-state index in [1.165, 1.54) is 6.92 Å². The third-order valence-corrected chi connectivity index (χ3v) is 1.98. The van der Waals surface area contributed by atoms with Crippen molar-refractivity contribution >= 4 is 27.6 Å². The molecular weight excluding hydrogens is 248 g/mol. The van der Waals surface area contributed by atoms with E-state index in [-0.39, 0.29) is 18.2 Å². The number of aromatic nitrogens is 1. The summed E-state index contributed by atoms with van der Waals surface area (Å²) in [6.07, 6.45) is 1.54. The van der Waals surface area contributed by atoms with Gasteiger partial charge in [-0.3, -0.25) is 14.6 Å². The fraction of sp³-hybridized carbons (Fsp3) is 0.222. The Balaban J connectivity index is 2.61. The van der Waals surface area contributed by atoms with E-state index in [1.54, 1.807) is 18.3 Å². The summed E-state index contributed by atoms with van der Waals surface area (Å²) in [4.78, 5) is 25.8. The minimum absolute atomic E-state index is 0.00995. The smallest absolute Gasteiger partial charge is 0.217 e. The number of pyridine rings is 1. The molecule has 5 heteroatoms. The van der Waals surface area contributed by atoms with Crippen LogP contribution in [0.2, 0.25) is 0 Å². The average molecular weight is 257 g/mol. The Morgan fingerprint density at radius 3 is 2.71 bits per heavy atom. The number of halogens is 1. The SMILES string of the molecule is CC(=O)NCC(=O)c1ccc(Br)cn1. The summed E-state index contributed by atoms with van der Waals surface area (Å²) in [5, 5.41) is 2.42. The molecule has 0 fully saturated rings. The van der Waals surface area contributed by atoms with E-state index in [0.29, 0.717) is 5.69 Å². The van der Waals surface area contributed by atoms with Crippen LogP contribution in [0.5, 0.6) is 0 Å². The Kier molecular flexibility index (Phi) is 3.76. The Bertz CT molecular complexity index is 348. The van der Waals surface area contributed by atoms with Crippen molar-refractivity contribution < 1.29 is 9.59 Å². The largest absolute Gasteiger partial charge is 0.349 e. The highest BCUT2D eigenvalue weighted by Crippen LogP contribution is 2.07. The normalized spacial score (nSPS) is 9.57. The van der Waals surface area contributed by atoms with Gasteiger partial charge >= 0.3 is 0 Å². The summed E-state index contributed by atoms with van der Waals surface area (Å²) in [5.41, 5.74) is 0.349. The van der Waals surface area contributed by atoms with Gasteiger partial charge < -0.3 is 5.32 Å². The fourth-order valence-corrected chi connectivity index (χ4v) is 1.07. The first kappa shape index (κ1) is 10.8. The molecule has 0 bridgehead atoms. The van der Waals surface area contributed by atoms with Crippen LogP contribution in [-0.4, -0.2) is 23.2 Å². The van der Waals surface area contributed by atoms with Gasteiger partial charge in [-0.1, -0.05) is 0 Å². The molecular formula is C9H9BrN2O2. The molecule has 1 heterocycles. The number of ketones is 1. The number of nitrogens with zero attached hydrogens (tertiary/aromatic N) is 1. The standard InChI is InChI=1S/C9H9BrN2O2/c1-6(13)11-5-9(14)8-3-2-7(10)4-12-8/h2-4H,5H2,1H3,(H,11,13). The summed E-state index contributed by atoms with van der Waals surface area (Å²) in [5.74, 6) is -0.428. The van der Waals surface area contributed by atoms with Crippen molar-refractivity contribution in [3.8, 4) is 0 Å². The van der Waals surface area contributed by atoms with Crippen LogP contribution < -0.4 is 5.32 Å². The quantitative estimate of drug-likeness (QED) is 0.826. The predicted octanol–water partition coefficient (Wildman–Crippen LogP) is 1.16. The van der Waals surface area contributed by atoms with Crippen molar-refractivity contribution in [2.75, 3.05) is 6.54 Å². The van der Waals surface area contributed by atoms with Gasteiger partial charge in [0.1, 0.15) is 5.69 Å². The second-order valence-electron chi connectivity index (χ2n) is 2.69. The average Bonchev–Trinajstić information content (AvgIpc) is 2.15. The van der Waals surface area contributed by atoms with Crippen LogP contribution >= 0.6 is 15.9 Å². The van der Waals surface area contributed by atoms with Crippen molar-refractivity contribution in [2.45, 2.75) is 6.92 Å². The van der Waals surface area contributed by atoms with E-state index >= 15 is 0 Å². The lowest BCUT2D eigenvalue weighted by atomic mass is 10.2. The molecule has 1 aromatic heterocycles. The topological polar surface area (TPSA) is 59.1 Å². The third kappa shape index (κ3) is 3.26. The van der Waals surface area contributed by atoms with Gasteiger partial charge in [0.15, 0.2) is 5.78 Å². The lowest BCUT2D eigenvalue weighted by Crippen LogP contribution is -2.27. The predicted molar refractivity (Wildman–Crippen MR) is 55.0 cm³/mol. The van der Waals surface area contributed by atoms with Crippen LogP contribution in [0.25, 0.3) is 0 Å². The maximum atomic E-state index is 11.4. The highest BCUT2D eigenvalue weighted by Gasteiger charge is 2.06. The highest BCUT2D eigenvalue weighted by molar-refractivity contribution is 9.10. The number of rotatable bonds is 3. The molecule has 0 aliphatic rings. The Morgan fingerprint density at radius 1 is 1.50 bits per heavy atom. The van der Waals surface area contributed by atoms with Crippen LogP contribution in [0.3, 0.4) is 0 Å². The highest BCUT2D eigenvalue weighted by atomic mass is 79.9. The molecule has 74 valence electrons. The van der Waals surface area contributed by atoms with Gasteiger partial charge in [-0.05, 0) is 28.1 Å². The number of carbonyl (C=O) groups is 2. The van der Waals surface area contributed by atoms with Crippen LogP contribution in [0, 0.1) is 0 Å². The van der Waals surface area contributed by atoms with Crippen molar-refractivity contribution in [1.82, 2.24) is 10.3 Å². The summed E-state index contributed by atoms with van der Waals surface area (Å²) in [6.45, 7) is 1.35. The molecule has 0 aliphatic heterocycles. The van der Waals surface area contributed by atoms with E-state index in [0.717, 1.165) is 4.47 Å². The fourth-order valence-electron chi connectivity index (χ4n) is 0.836. The molecule has 1 amide bonds. The number of Topliss-reactive ketones (excluding diaryl/α,β-unsaturated/α-hetero) is 1. The summed E-state index contributed by atoms with van der Waals surface area (Å²) >= 11 is 3.21. The van der Waals surface area contributed by atoms with Crippen molar-refractivity contribution in [3.63, 3.8) is 0 Å². The van der Waals surface area contributed by atoms with Gasteiger partial charge in [-0.25, -0.2) is 0 Å². The zero-order valence-corrected chi connectivity index (χ0v) is 9.17. The first-order valence-electron chi connectivity index (χ1n) is 3.99.